The second kappa shape index (κ2) is 5.65. The molecule has 0 aliphatic heterocycles. The van der Waals surface area contributed by atoms with Crippen molar-refractivity contribution < 1.29 is 4.74 Å². The van der Waals surface area contributed by atoms with E-state index in [4.69, 9.17) is 10.5 Å². The Morgan fingerprint density at radius 2 is 1.78 bits per heavy atom. The number of hydrogen-bond acceptors (Lipinski definition) is 3. The Balaban J connectivity index is 2.08. The Labute approximate surface area is 108 Å². The highest BCUT2D eigenvalue weighted by molar-refractivity contribution is 5.33. The maximum absolute atomic E-state index is 5.96. The van der Waals surface area contributed by atoms with Crippen LogP contribution in [-0.2, 0) is 0 Å². The van der Waals surface area contributed by atoms with Gasteiger partial charge in [0.05, 0.1) is 6.20 Å². The van der Waals surface area contributed by atoms with Crippen molar-refractivity contribution in [3.8, 4) is 11.5 Å². The molecule has 0 amide bonds. The molecule has 18 heavy (non-hydrogen) atoms. The van der Waals surface area contributed by atoms with E-state index >= 15 is 0 Å². The average molecular weight is 242 g/mol. The van der Waals surface area contributed by atoms with Gasteiger partial charge >= 0.3 is 0 Å². The molecular weight excluding hydrogens is 224 g/mol. The lowest BCUT2D eigenvalue weighted by atomic mass is 10.1. The summed E-state index contributed by atoms with van der Waals surface area (Å²) >= 11 is 0. The first-order valence-corrected chi connectivity index (χ1v) is 6.15. The second-order valence-corrected chi connectivity index (χ2v) is 4.32. The number of aromatic nitrogens is 1. The molecule has 3 nitrogen and oxygen atoms in total. The molecule has 0 saturated heterocycles. The topological polar surface area (TPSA) is 48.1 Å². The molecule has 1 aromatic heterocycles. The molecular formula is C15H18N2O. The lowest BCUT2D eigenvalue weighted by molar-refractivity contribution is 0.479. The van der Waals surface area contributed by atoms with Crippen molar-refractivity contribution >= 4 is 0 Å². The quantitative estimate of drug-likeness (QED) is 0.891. The van der Waals surface area contributed by atoms with E-state index in [2.05, 4.69) is 11.9 Å². The molecule has 1 unspecified atom stereocenters. The molecule has 0 spiro atoms. The normalized spacial score (nSPS) is 12.2. The summed E-state index contributed by atoms with van der Waals surface area (Å²) in [4.78, 5) is 4.19. The van der Waals surface area contributed by atoms with Gasteiger partial charge in [-0.1, -0.05) is 19.1 Å². The highest BCUT2D eigenvalue weighted by Crippen LogP contribution is 2.23. The fourth-order valence-electron chi connectivity index (χ4n) is 1.67. The molecule has 1 atom stereocenters. The van der Waals surface area contributed by atoms with Gasteiger partial charge in [-0.05, 0) is 43.2 Å². The number of nitrogens with zero attached hydrogens (tertiary/aromatic N) is 1. The number of rotatable bonds is 4. The van der Waals surface area contributed by atoms with Gasteiger partial charge in [-0.25, -0.2) is 0 Å². The summed E-state index contributed by atoms with van der Waals surface area (Å²) in [6.45, 7) is 4.03. The number of benzene rings is 1. The van der Waals surface area contributed by atoms with Crippen LogP contribution < -0.4 is 10.5 Å². The Morgan fingerprint density at radius 1 is 1.11 bits per heavy atom. The summed E-state index contributed by atoms with van der Waals surface area (Å²) in [5.41, 5.74) is 8.07. The van der Waals surface area contributed by atoms with E-state index in [1.807, 2.05) is 43.3 Å². The first kappa shape index (κ1) is 12.6. The Kier molecular flexibility index (Phi) is 3.95. The minimum Gasteiger partial charge on any atom is -0.456 e. The molecule has 2 rings (SSSR count). The average Bonchev–Trinajstić information content (AvgIpc) is 2.41. The summed E-state index contributed by atoms with van der Waals surface area (Å²) in [5, 5.41) is 0. The van der Waals surface area contributed by atoms with E-state index in [1.165, 1.54) is 0 Å². The standard InChI is InChI=1S/C15H18N2O/c1-3-15(16)12-5-8-13(9-6-12)18-14-7-4-11(2)17-10-14/h4-10,15H,3,16H2,1-2H3. The highest BCUT2D eigenvalue weighted by Gasteiger charge is 2.03. The molecule has 0 radical (unpaired) electrons. The lowest BCUT2D eigenvalue weighted by Crippen LogP contribution is -2.07. The van der Waals surface area contributed by atoms with Crippen molar-refractivity contribution in [3.63, 3.8) is 0 Å². The van der Waals surface area contributed by atoms with Crippen molar-refractivity contribution in [2.45, 2.75) is 26.3 Å². The molecule has 0 aliphatic rings. The molecule has 1 heterocycles. The number of nitrogens with two attached hydrogens (primary N) is 1. The molecule has 2 aromatic rings. The molecule has 0 aliphatic carbocycles. The van der Waals surface area contributed by atoms with Gasteiger partial charge in [0.25, 0.3) is 0 Å². The summed E-state index contributed by atoms with van der Waals surface area (Å²) in [5.74, 6) is 1.54. The maximum Gasteiger partial charge on any atom is 0.145 e. The van der Waals surface area contributed by atoms with Gasteiger partial charge in [0.2, 0.25) is 0 Å². The van der Waals surface area contributed by atoms with Gasteiger partial charge in [-0.2, -0.15) is 0 Å². The number of ether oxygens (including phenoxy) is 1. The zero-order valence-corrected chi connectivity index (χ0v) is 10.8. The Bertz CT molecular complexity index is 491. The summed E-state index contributed by atoms with van der Waals surface area (Å²) < 4.78 is 5.70. The van der Waals surface area contributed by atoms with Crippen LogP contribution in [0.4, 0.5) is 0 Å². The maximum atomic E-state index is 5.96. The third-order valence-corrected chi connectivity index (χ3v) is 2.87. The molecule has 0 saturated carbocycles. The highest BCUT2D eigenvalue weighted by atomic mass is 16.5. The van der Waals surface area contributed by atoms with Crippen LogP contribution in [0.5, 0.6) is 11.5 Å². The summed E-state index contributed by atoms with van der Waals surface area (Å²) in [6.07, 6.45) is 2.66. The van der Waals surface area contributed by atoms with Crippen LogP contribution in [0.3, 0.4) is 0 Å². The fraction of sp³-hybridized carbons (Fsp3) is 0.267. The van der Waals surface area contributed by atoms with E-state index in [0.29, 0.717) is 0 Å². The predicted molar refractivity (Wildman–Crippen MR) is 72.7 cm³/mol. The van der Waals surface area contributed by atoms with Crippen molar-refractivity contribution in [1.29, 1.82) is 0 Å². The second-order valence-electron chi connectivity index (χ2n) is 4.32. The van der Waals surface area contributed by atoms with Gasteiger partial charge in [0, 0.05) is 11.7 Å². The minimum absolute atomic E-state index is 0.0973. The van der Waals surface area contributed by atoms with Crippen LogP contribution in [0.1, 0.15) is 30.6 Å². The molecule has 0 bridgehead atoms. The lowest BCUT2D eigenvalue weighted by Gasteiger charge is -2.10. The fourth-order valence-corrected chi connectivity index (χ4v) is 1.67. The number of aryl methyl sites for hydroxylation is 1. The summed E-state index contributed by atoms with van der Waals surface area (Å²) in [7, 11) is 0. The monoisotopic (exact) mass is 242 g/mol. The minimum atomic E-state index is 0.0973. The largest absolute Gasteiger partial charge is 0.456 e. The van der Waals surface area contributed by atoms with Gasteiger partial charge in [0.1, 0.15) is 11.5 Å². The van der Waals surface area contributed by atoms with Crippen LogP contribution in [0.25, 0.3) is 0 Å². The van der Waals surface area contributed by atoms with E-state index < -0.39 is 0 Å². The van der Waals surface area contributed by atoms with Crippen molar-refractivity contribution in [2.75, 3.05) is 0 Å². The zero-order valence-electron chi connectivity index (χ0n) is 10.8. The third-order valence-electron chi connectivity index (χ3n) is 2.87. The molecule has 3 heteroatoms. The van der Waals surface area contributed by atoms with Crippen molar-refractivity contribution in [2.24, 2.45) is 5.73 Å². The van der Waals surface area contributed by atoms with Crippen molar-refractivity contribution in [3.05, 3.63) is 53.9 Å². The van der Waals surface area contributed by atoms with Crippen LogP contribution in [0.2, 0.25) is 0 Å². The SMILES string of the molecule is CCC(N)c1ccc(Oc2ccc(C)nc2)cc1. The first-order valence-electron chi connectivity index (χ1n) is 6.15. The molecule has 0 fully saturated rings. The van der Waals surface area contributed by atoms with E-state index in [1.54, 1.807) is 6.20 Å². The van der Waals surface area contributed by atoms with Gasteiger partial charge in [-0.3, -0.25) is 4.98 Å². The smallest absolute Gasteiger partial charge is 0.145 e. The van der Waals surface area contributed by atoms with Gasteiger partial charge in [-0.15, -0.1) is 0 Å². The van der Waals surface area contributed by atoms with E-state index in [-0.39, 0.29) is 6.04 Å². The van der Waals surface area contributed by atoms with Gasteiger partial charge < -0.3 is 10.5 Å². The zero-order chi connectivity index (χ0) is 13.0. The first-order chi connectivity index (χ1) is 8.69. The molecule has 2 N–H and O–H groups in total. The Morgan fingerprint density at radius 3 is 2.33 bits per heavy atom. The van der Waals surface area contributed by atoms with E-state index in [0.717, 1.165) is 29.2 Å². The summed E-state index contributed by atoms with van der Waals surface area (Å²) in [6, 6.07) is 11.8. The molecule has 1 aromatic carbocycles. The van der Waals surface area contributed by atoms with Crippen LogP contribution >= 0.6 is 0 Å². The van der Waals surface area contributed by atoms with Crippen LogP contribution in [0.15, 0.2) is 42.6 Å². The van der Waals surface area contributed by atoms with Gasteiger partial charge in [0.15, 0.2) is 0 Å². The van der Waals surface area contributed by atoms with Crippen LogP contribution in [-0.4, -0.2) is 4.98 Å². The van der Waals surface area contributed by atoms with E-state index in [9.17, 15) is 0 Å². The van der Waals surface area contributed by atoms with Crippen LogP contribution in [0, 0.1) is 6.92 Å². The molecule has 94 valence electrons. The predicted octanol–water partition coefficient (Wildman–Crippen LogP) is 3.59. The third kappa shape index (κ3) is 3.08. The Hall–Kier alpha value is -1.87. The number of hydrogen-bond donors (Lipinski definition) is 1. The van der Waals surface area contributed by atoms with Crippen molar-refractivity contribution in [1.82, 2.24) is 4.98 Å². The number of pyridine rings is 1.